The SMILES string of the molecule is COC(=O)c1nccc(-c2cc(F)ccc2OC)n1. The second kappa shape index (κ2) is 5.43. The highest BCUT2D eigenvalue weighted by Gasteiger charge is 2.13. The summed E-state index contributed by atoms with van der Waals surface area (Å²) in [6, 6.07) is 5.61. The average Bonchev–Trinajstić information content (AvgIpc) is 2.46. The van der Waals surface area contributed by atoms with Crippen molar-refractivity contribution < 1.29 is 18.7 Å². The number of rotatable bonds is 3. The summed E-state index contributed by atoms with van der Waals surface area (Å²) in [5.74, 6) is -0.714. The molecular weight excluding hydrogens is 251 g/mol. The van der Waals surface area contributed by atoms with E-state index in [0.29, 0.717) is 17.0 Å². The standard InChI is InChI=1S/C13H11FN2O3/c1-18-11-4-3-8(14)7-9(11)10-5-6-15-12(16-10)13(17)19-2/h3-7H,1-2H3. The van der Waals surface area contributed by atoms with Crippen molar-refractivity contribution in [3.05, 3.63) is 42.1 Å². The average molecular weight is 262 g/mol. The van der Waals surface area contributed by atoms with Gasteiger partial charge in [-0.2, -0.15) is 0 Å². The van der Waals surface area contributed by atoms with Gasteiger partial charge in [0.25, 0.3) is 0 Å². The molecule has 1 aromatic heterocycles. The lowest BCUT2D eigenvalue weighted by Gasteiger charge is -2.08. The molecule has 0 radical (unpaired) electrons. The fourth-order valence-electron chi connectivity index (χ4n) is 1.58. The summed E-state index contributed by atoms with van der Waals surface area (Å²) in [6.45, 7) is 0. The van der Waals surface area contributed by atoms with E-state index in [-0.39, 0.29) is 5.82 Å². The van der Waals surface area contributed by atoms with E-state index in [2.05, 4.69) is 14.7 Å². The predicted octanol–water partition coefficient (Wildman–Crippen LogP) is 2.08. The number of halogens is 1. The summed E-state index contributed by atoms with van der Waals surface area (Å²) >= 11 is 0. The number of carbonyl (C=O) groups is 1. The van der Waals surface area contributed by atoms with E-state index in [0.717, 1.165) is 0 Å². The van der Waals surface area contributed by atoms with Crippen LogP contribution < -0.4 is 4.74 Å². The zero-order valence-electron chi connectivity index (χ0n) is 10.4. The van der Waals surface area contributed by atoms with Gasteiger partial charge < -0.3 is 9.47 Å². The number of benzene rings is 1. The van der Waals surface area contributed by atoms with Gasteiger partial charge in [-0.05, 0) is 24.3 Å². The van der Waals surface area contributed by atoms with E-state index in [1.165, 1.54) is 38.6 Å². The van der Waals surface area contributed by atoms with E-state index >= 15 is 0 Å². The van der Waals surface area contributed by atoms with Crippen LogP contribution in [0.3, 0.4) is 0 Å². The number of nitrogens with zero attached hydrogens (tertiary/aromatic N) is 2. The quantitative estimate of drug-likeness (QED) is 0.792. The van der Waals surface area contributed by atoms with Gasteiger partial charge in [-0.1, -0.05) is 0 Å². The van der Waals surface area contributed by atoms with Crippen LogP contribution in [0, 0.1) is 5.82 Å². The largest absolute Gasteiger partial charge is 0.496 e. The highest BCUT2D eigenvalue weighted by molar-refractivity contribution is 5.85. The van der Waals surface area contributed by atoms with E-state index in [1.54, 1.807) is 6.07 Å². The maximum absolute atomic E-state index is 13.3. The fourth-order valence-corrected chi connectivity index (χ4v) is 1.58. The number of ether oxygens (including phenoxy) is 2. The number of esters is 1. The van der Waals surface area contributed by atoms with E-state index in [9.17, 15) is 9.18 Å². The summed E-state index contributed by atoms with van der Waals surface area (Å²) in [4.78, 5) is 19.2. The van der Waals surface area contributed by atoms with Gasteiger partial charge in [-0.15, -0.1) is 0 Å². The monoisotopic (exact) mass is 262 g/mol. The minimum atomic E-state index is -0.655. The normalized spacial score (nSPS) is 10.1. The maximum atomic E-state index is 13.3. The van der Waals surface area contributed by atoms with Crippen molar-refractivity contribution in [2.45, 2.75) is 0 Å². The minimum absolute atomic E-state index is 0.0914. The van der Waals surface area contributed by atoms with Gasteiger partial charge in [0, 0.05) is 11.8 Å². The first kappa shape index (κ1) is 12.9. The summed E-state index contributed by atoms with van der Waals surface area (Å²) in [7, 11) is 2.71. The third-order valence-electron chi connectivity index (χ3n) is 2.46. The molecule has 0 aliphatic heterocycles. The molecule has 0 spiro atoms. The number of aromatic nitrogens is 2. The van der Waals surface area contributed by atoms with Crippen LogP contribution in [-0.2, 0) is 4.74 Å². The topological polar surface area (TPSA) is 61.3 Å². The smallest absolute Gasteiger partial charge is 0.376 e. The third-order valence-corrected chi connectivity index (χ3v) is 2.46. The summed E-state index contributed by atoms with van der Waals surface area (Å²) in [5, 5.41) is 0. The molecule has 5 nitrogen and oxygen atoms in total. The van der Waals surface area contributed by atoms with Crippen molar-refractivity contribution in [3.63, 3.8) is 0 Å². The molecule has 98 valence electrons. The van der Waals surface area contributed by atoms with Crippen molar-refractivity contribution >= 4 is 5.97 Å². The van der Waals surface area contributed by atoms with Crippen LogP contribution in [0.4, 0.5) is 4.39 Å². The van der Waals surface area contributed by atoms with Gasteiger partial charge in [-0.3, -0.25) is 0 Å². The van der Waals surface area contributed by atoms with E-state index in [4.69, 9.17) is 4.74 Å². The molecule has 0 aliphatic carbocycles. The molecule has 2 rings (SSSR count). The lowest BCUT2D eigenvalue weighted by molar-refractivity contribution is 0.0587. The van der Waals surface area contributed by atoms with Crippen molar-refractivity contribution in [2.24, 2.45) is 0 Å². The van der Waals surface area contributed by atoms with Crippen LogP contribution in [0.2, 0.25) is 0 Å². The van der Waals surface area contributed by atoms with Gasteiger partial charge >= 0.3 is 5.97 Å². The van der Waals surface area contributed by atoms with Crippen LogP contribution in [-0.4, -0.2) is 30.2 Å². The Morgan fingerprint density at radius 2 is 2.05 bits per heavy atom. The molecule has 6 heteroatoms. The molecule has 0 unspecified atom stereocenters. The predicted molar refractivity (Wildman–Crippen MR) is 65.3 cm³/mol. The van der Waals surface area contributed by atoms with Crippen molar-refractivity contribution in [3.8, 4) is 17.0 Å². The molecule has 0 bridgehead atoms. The van der Waals surface area contributed by atoms with Gasteiger partial charge in [0.2, 0.25) is 5.82 Å². The summed E-state index contributed by atoms with van der Waals surface area (Å²) in [6.07, 6.45) is 1.40. The van der Waals surface area contributed by atoms with Gasteiger partial charge in [-0.25, -0.2) is 19.2 Å². The molecule has 1 heterocycles. The van der Waals surface area contributed by atoms with Crippen LogP contribution in [0.15, 0.2) is 30.5 Å². The molecule has 19 heavy (non-hydrogen) atoms. The summed E-state index contributed by atoms with van der Waals surface area (Å²) in [5.41, 5.74) is 0.821. The van der Waals surface area contributed by atoms with Crippen molar-refractivity contribution in [1.82, 2.24) is 9.97 Å². The Labute approximate surface area is 109 Å². The molecule has 1 aromatic carbocycles. The third kappa shape index (κ3) is 2.67. The van der Waals surface area contributed by atoms with Crippen molar-refractivity contribution in [1.29, 1.82) is 0 Å². The Morgan fingerprint density at radius 1 is 1.26 bits per heavy atom. The second-order valence-electron chi connectivity index (χ2n) is 3.60. The first-order valence-corrected chi connectivity index (χ1v) is 5.41. The van der Waals surface area contributed by atoms with Crippen LogP contribution in [0.1, 0.15) is 10.6 Å². The Kier molecular flexibility index (Phi) is 3.70. The lowest BCUT2D eigenvalue weighted by Crippen LogP contribution is -2.07. The fraction of sp³-hybridized carbons (Fsp3) is 0.154. The van der Waals surface area contributed by atoms with E-state index in [1.807, 2.05) is 0 Å². The Morgan fingerprint density at radius 3 is 2.74 bits per heavy atom. The lowest BCUT2D eigenvalue weighted by atomic mass is 10.1. The molecular formula is C13H11FN2O3. The Balaban J connectivity index is 2.52. The highest BCUT2D eigenvalue weighted by atomic mass is 19.1. The van der Waals surface area contributed by atoms with Gasteiger partial charge in [0.15, 0.2) is 0 Å². The number of carbonyl (C=O) groups excluding carboxylic acids is 1. The van der Waals surface area contributed by atoms with Crippen LogP contribution >= 0.6 is 0 Å². The molecule has 0 saturated carbocycles. The maximum Gasteiger partial charge on any atom is 0.376 e. The molecule has 0 saturated heterocycles. The number of hydrogen-bond acceptors (Lipinski definition) is 5. The van der Waals surface area contributed by atoms with Gasteiger partial charge in [0.05, 0.1) is 19.9 Å². The molecule has 0 aliphatic rings. The first-order chi connectivity index (χ1) is 9.15. The zero-order chi connectivity index (χ0) is 13.8. The van der Waals surface area contributed by atoms with Crippen LogP contribution in [0.25, 0.3) is 11.3 Å². The molecule has 0 atom stereocenters. The Bertz CT molecular complexity index is 617. The molecule has 0 fully saturated rings. The number of methoxy groups -OCH3 is 2. The van der Waals surface area contributed by atoms with Crippen LogP contribution in [0.5, 0.6) is 5.75 Å². The first-order valence-electron chi connectivity index (χ1n) is 5.41. The molecule has 0 N–H and O–H groups in total. The summed E-state index contributed by atoms with van der Waals surface area (Å²) < 4.78 is 23.0. The van der Waals surface area contributed by atoms with Gasteiger partial charge in [0.1, 0.15) is 11.6 Å². The second-order valence-corrected chi connectivity index (χ2v) is 3.60. The number of hydrogen-bond donors (Lipinski definition) is 0. The molecule has 2 aromatic rings. The minimum Gasteiger partial charge on any atom is -0.496 e. The van der Waals surface area contributed by atoms with E-state index < -0.39 is 11.8 Å². The zero-order valence-corrected chi connectivity index (χ0v) is 10.4. The highest BCUT2D eigenvalue weighted by Crippen LogP contribution is 2.28. The molecule has 0 amide bonds. The van der Waals surface area contributed by atoms with Crippen molar-refractivity contribution in [2.75, 3.05) is 14.2 Å². The Hall–Kier alpha value is -2.50.